The van der Waals surface area contributed by atoms with E-state index in [1.807, 2.05) is 0 Å². The van der Waals surface area contributed by atoms with Crippen LogP contribution in [0.2, 0.25) is 0 Å². The van der Waals surface area contributed by atoms with E-state index in [1.54, 1.807) is 6.92 Å². The van der Waals surface area contributed by atoms with Crippen LogP contribution < -0.4 is 10.6 Å². The van der Waals surface area contributed by atoms with E-state index in [9.17, 15) is 19.3 Å². The molecule has 1 aliphatic heterocycles. The lowest BCUT2D eigenvalue weighted by atomic mass is 9.78. The van der Waals surface area contributed by atoms with Crippen LogP contribution in [0.5, 0.6) is 0 Å². The van der Waals surface area contributed by atoms with Crippen molar-refractivity contribution in [2.45, 2.75) is 32.2 Å². The first kappa shape index (κ1) is 13.3. The smallest absolute Gasteiger partial charge is 0.252 e. The Labute approximate surface area is 98.3 Å². The third-order valence-electron chi connectivity index (χ3n) is 2.99. The van der Waals surface area contributed by atoms with Crippen molar-refractivity contribution in [1.82, 2.24) is 10.6 Å². The molecule has 0 aromatic carbocycles. The molecule has 94 valence electrons. The first-order valence-corrected chi connectivity index (χ1v) is 5.34. The maximum atomic E-state index is 11.9. The molecule has 0 aromatic heterocycles. The molecular weight excluding hydrogens is 226 g/mol. The van der Waals surface area contributed by atoms with Crippen molar-refractivity contribution in [3.05, 3.63) is 4.91 Å². The van der Waals surface area contributed by atoms with Crippen LogP contribution in [0.15, 0.2) is 5.18 Å². The van der Waals surface area contributed by atoms with Crippen LogP contribution in [-0.2, 0) is 14.4 Å². The molecule has 17 heavy (non-hydrogen) atoms. The SMILES string of the molecule is CC(=O)NC1(C(C)CN=O)CCC(=O)NC1=O. The Bertz CT molecular complexity index is 369. The van der Waals surface area contributed by atoms with Gasteiger partial charge in [0, 0.05) is 19.3 Å². The maximum Gasteiger partial charge on any atom is 0.252 e. The highest BCUT2D eigenvalue weighted by molar-refractivity contribution is 6.04. The monoisotopic (exact) mass is 241 g/mol. The standard InChI is InChI=1S/C10H15N3O4/c1-6(5-11-17)10(13-7(2)14)4-3-8(15)12-9(10)16/h6H,3-5H2,1-2H3,(H,13,14)(H,12,15,16). The normalized spacial score (nSPS) is 26.0. The molecule has 0 bridgehead atoms. The molecule has 7 nitrogen and oxygen atoms in total. The van der Waals surface area contributed by atoms with Crippen molar-refractivity contribution >= 4 is 17.7 Å². The summed E-state index contributed by atoms with van der Waals surface area (Å²) in [6.07, 6.45) is 0.323. The fourth-order valence-electron chi connectivity index (χ4n) is 2.02. The predicted molar refractivity (Wildman–Crippen MR) is 58.8 cm³/mol. The molecule has 0 radical (unpaired) electrons. The van der Waals surface area contributed by atoms with Gasteiger partial charge in [-0.3, -0.25) is 19.7 Å². The van der Waals surface area contributed by atoms with E-state index in [2.05, 4.69) is 15.8 Å². The van der Waals surface area contributed by atoms with Gasteiger partial charge in [0.2, 0.25) is 11.8 Å². The molecule has 7 heteroatoms. The van der Waals surface area contributed by atoms with E-state index < -0.39 is 17.4 Å². The number of rotatable bonds is 4. The number of hydrogen-bond donors (Lipinski definition) is 2. The number of carbonyl (C=O) groups excluding carboxylic acids is 3. The minimum absolute atomic E-state index is 0.0953. The van der Waals surface area contributed by atoms with E-state index in [4.69, 9.17) is 0 Å². The summed E-state index contributed by atoms with van der Waals surface area (Å²) in [7, 11) is 0. The summed E-state index contributed by atoms with van der Waals surface area (Å²) in [6.45, 7) is 2.83. The van der Waals surface area contributed by atoms with Gasteiger partial charge < -0.3 is 5.32 Å². The Morgan fingerprint density at radius 3 is 2.71 bits per heavy atom. The summed E-state index contributed by atoms with van der Waals surface area (Å²) < 4.78 is 0. The molecule has 1 rings (SSSR count). The number of nitrogens with zero attached hydrogens (tertiary/aromatic N) is 1. The lowest BCUT2D eigenvalue weighted by Gasteiger charge is -2.39. The maximum absolute atomic E-state index is 11.9. The number of nitroso groups, excluding NO2 is 1. The van der Waals surface area contributed by atoms with E-state index in [1.165, 1.54) is 6.92 Å². The van der Waals surface area contributed by atoms with Gasteiger partial charge in [-0.05, 0) is 6.42 Å². The number of nitrogens with one attached hydrogen (secondary N) is 2. The molecule has 1 aliphatic rings. The number of amides is 3. The van der Waals surface area contributed by atoms with E-state index in [0.29, 0.717) is 0 Å². The molecule has 0 spiro atoms. The quantitative estimate of drug-likeness (QED) is 0.520. The van der Waals surface area contributed by atoms with Crippen LogP contribution in [0.3, 0.4) is 0 Å². The van der Waals surface area contributed by atoms with Gasteiger partial charge in [-0.25, -0.2) is 0 Å². The molecule has 0 aromatic rings. The van der Waals surface area contributed by atoms with Crippen molar-refractivity contribution in [2.75, 3.05) is 6.54 Å². The number of hydrogen-bond acceptors (Lipinski definition) is 5. The lowest BCUT2D eigenvalue weighted by molar-refractivity contribution is -0.143. The lowest BCUT2D eigenvalue weighted by Crippen LogP contribution is -2.66. The van der Waals surface area contributed by atoms with Crippen LogP contribution in [-0.4, -0.2) is 29.8 Å². The molecule has 0 aliphatic carbocycles. The average Bonchev–Trinajstić information content (AvgIpc) is 2.22. The third-order valence-corrected chi connectivity index (χ3v) is 2.99. The summed E-state index contributed by atoms with van der Waals surface area (Å²) in [5, 5.41) is 7.48. The van der Waals surface area contributed by atoms with Crippen molar-refractivity contribution < 1.29 is 14.4 Å². The molecule has 2 unspecified atom stereocenters. The Balaban J connectivity index is 3.00. The van der Waals surface area contributed by atoms with Crippen LogP contribution in [0.4, 0.5) is 0 Å². The van der Waals surface area contributed by atoms with Gasteiger partial charge in [0.05, 0.1) is 6.54 Å². The van der Waals surface area contributed by atoms with Crippen LogP contribution in [0.25, 0.3) is 0 Å². The molecule has 1 fully saturated rings. The second-order valence-corrected chi connectivity index (χ2v) is 4.24. The summed E-state index contributed by atoms with van der Waals surface area (Å²) in [6, 6.07) is 0. The fraction of sp³-hybridized carbons (Fsp3) is 0.700. The van der Waals surface area contributed by atoms with Crippen molar-refractivity contribution in [3.8, 4) is 0 Å². The molecule has 0 saturated carbocycles. The zero-order valence-corrected chi connectivity index (χ0v) is 9.78. The number of piperidine rings is 1. The van der Waals surface area contributed by atoms with Gasteiger partial charge in [0.25, 0.3) is 5.91 Å². The minimum Gasteiger partial charge on any atom is -0.342 e. The average molecular weight is 241 g/mol. The van der Waals surface area contributed by atoms with Gasteiger partial charge in [0.1, 0.15) is 5.54 Å². The highest BCUT2D eigenvalue weighted by atomic mass is 16.3. The zero-order chi connectivity index (χ0) is 13.1. The first-order chi connectivity index (χ1) is 7.92. The highest BCUT2D eigenvalue weighted by Gasteiger charge is 2.47. The summed E-state index contributed by atoms with van der Waals surface area (Å²) >= 11 is 0. The van der Waals surface area contributed by atoms with Crippen LogP contribution >= 0.6 is 0 Å². The van der Waals surface area contributed by atoms with E-state index >= 15 is 0 Å². The zero-order valence-electron chi connectivity index (χ0n) is 9.78. The Hall–Kier alpha value is -1.79. The summed E-state index contributed by atoms with van der Waals surface area (Å²) in [4.78, 5) is 44.4. The number of carbonyl (C=O) groups is 3. The highest BCUT2D eigenvalue weighted by Crippen LogP contribution is 2.27. The van der Waals surface area contributed by atoms with Crippen LogP contribution in [0, 0.1) is 10.8 Å². The van der Waals surface area contributed by atoms with Gasteiger partial charge in [-0.1, -0.05) is 12.1 Å². The van der Waals surface area contributed by atoms with Crippen molar-refractivity contribution in [3.63, 3.8) is 0 Å². The molecule has 1 heterocycles. The molecule has 3 amide bonds. The van der Waals surface area contributed by atoms with Crippen molar-refractivity contribution in [1.29, 1.82) is 0 Å². The Kier molecular flexibility index (Phi) is 3.93. The minimum atomic E-state index is -1.21. The van der Waals surface area contributed by atoms with E-state index in [0.717, 1.165) is 0 Å². The molecule has 1 saturated heterocycles. The molecule has 2 N–H and O–H groups in total. The van der Waals surface area contributed by atoms with Gasteiger partial charge in [0.15, 0.2) is 0 Å². The largest absolute Gasteiger partial charge is 0.342 e. The van der Waals surface area contributed by atoms with Gasteiger partial charge in [-0.15, -0.1) is 0 Å². The topological polar surface area (TPSA) is 105 Å². The fourth-order valence-corrected chi connectivity index (χ4v) is 2.02. The third kappa shape index (κ3) is 2.66. The summed E-state index contributed by atoms with van der Waals surface area (Å²) in [5.74, 6) is -1.79. The van der Waals surface area contributed by atoms with Gasteiger partial charge >= 0.3 is 0 Å². The second-order valence-electron chi connectivity index (χ2n) is 4.24. The molecule has 2 atom stereocenters. The Morgan fingerprint density at radius 1 is 1.59 bits per heavy atom. The molecular formula is C10H15N3O4. The number of imide groups is 1. The van der Waals surface area contributed by atoms with Crippen molar-refractivity contribution in [2.24, 2.45) is 11.1 Å². The first-order valence-electron chi connectivity index (χ1n) is 5.34. The second kappa shape index (κ2) is 5.03. The van der Waals surface area contributed by atoms with E-state index in [-0.39, 0.29) is 31.2 Å². The van der Waals surface area contributed by atoms with Gasteiger partial charge in [-0.2, -0.15) is 4.91 Å². The predicted octanol–water partition coefficient (Wildman–Crippen LogP) is -0.300. The Morgan fingerprint density at radius 2 is 2.24 bits per heavy atom. The van der Waals surface area contributed by atoms with Crippen LogP contribution in [0.1, 0.15) is 26.7 Å². The summed E-state index contributed by atoms with van der Waals surface area (Å²) in [5.41, 5.74) is -1.21.